The zero-order chi connectivity index (χ0) is 14.0. The maximum absolute atomic E-state index is 12.6. The maximum Gasteiger partial charge on any atom is 0.257 e. The third kappa shape index (κ3) is 3.69. The molecule has 1 aromatic heterocycles. The Morgan fingerprint density at radius 3 is 2.74 bits per heavy atom. The summed E-state index contributed by atoms with van der Waals surface area (Å²) >= 11 is 6.17. The van der Waals surface area contributed by atoms with Crippen LogP contribution in [0.3, 0.4) is 0 Å². The Balaban J connectivity index is 2.14. The van der Waals surface area contributed by atoms with E-state index < -0.39 is 0 Å². The number of halogens is 1. The Morgan fingerprint density at radius 2 is 2.21 bits per heavy atom. The minimum atomic E-state index is 0.0284. The van der Waals surface area contributed by atoms with Gasteiger partial charge in [-0.05, 0) is 38.2 Å². The summed E-state index contributed by atoms with van der Waals surface area (Å²) in [6.45, 7) is 7.04. The molecule has 3 nitrogen and oxygen atoms in total. The van der Waals surface area contributed by atoms with Crippen molar-refractivity contribution in [1.29, 1.82) is 0 Å². The topological polar surface area (TPSA) is 33.2 Å². The fourth-order valence-corrected chi connectivity index (χ4v) is 2.36. The van der Waals surface area contributed by atoms with E-state index in [0.717, 1.165) is 31.5 Å². The first-order valence-corrected chi connectivity index (χ1v) is 7.30. The van der Waals surface area contributed by atoms with Crippen LogP contribution in [-0.2, 0) is 0 Å². The van der Waals surface area contributed by atoms with Gasteiger partial charge in [-0.2, -0.15) is 0 Å². The standard InChI is InChI=1S/C15H21ClN2O/c1-10(2)6-7-18(12-4-5-12)15(19)13-9-17-11(3)8-14(13)16/h8-10,12H,4-7H2,1-3H3. The molecule has 0 saturated heterocycles. The summed E-state index contributed by atoms with van der Waals surface area (Å²) < 4.78 is 0. The molecule has 1 fully saturated rings. The van der Waals surface area contributed by atoms with Crippen molar-refractivity contribution in [2.45, 2.75) is 46.1 Å². The average Bonchev–Trinajstić information content (AvgIpc) is 3.13. The average molecular weight is 281 g/mol. The largest absolute Gasteiger partial charge is 0.336 e. The predicted molar refractivity (Wildman–Crippen MR) is 77.5 cm³/mol. The molecule has 0 bridgehead atoms. The van der Waals surface area contributed by atoms with E-state index >= 15 is 0 Å². The fraction of sp³-hybridized carbons (Fsp3) is 0.600. The van der Waals surface area contributed by atoms with Crippen molar-refractivity contribution in [3.63, 3.8) is 0 Å². The lowest BCUT2D eigenvalue weighted by Gasteiger charge is -2.23. The first-order valence-electron chi connectivity index (χ1n) is 6.92. The van der Waals surface area contributed by atoms with Crippen LogP contribution in [0.5, 0.6) is 0 Å². The zero-order valence-corrected chi connectivity index (χ0v) is 12.6. The quantitative estimate of drug-likeness (QED) is 0.824. The summed E-state index contributed by atoms with van der Waals surface area (Å²) in [5, 5.41) is 0.507. The smallest absolute Gasteiger partial charge is 0.257 e. The van der Waals surface area contributed by atoms with Crippen LogP contribution in [0.15, 0.2) is 12.3 Å². The summed E-state index contributed by atoms with van der Waals surface area (Å²) in [5.74, 6) is 0.626. The van der Waals surface area contributed by atoms with Gasteiger partial charge in [-0.3, -0.25) is 9.78 Å². The van der Waals surface area contributed by atoms with Gasteiger partial charge < -0.3 is 4.90 Å². The second-order valence-electron chi connectivity index (χ2n) is 5.72. The Kier molecular flexibility index (Phi) is 4.46. The van der Waals surface area contributed by atoms with Crippen molar-refractivity contribution < 1.29 is 4.79 Å². The van der Waals surface area contributed by atoms with Crippen LogP contribution in [0.25, 0.3) is 0 Å². The van der Waals surface area contributed by atoms with Gasteiger partial charge in [0.25, 0.3) is 5.91 Å². The van der Waals surface area contributed by atoms with Crippen LogP contribution in [0.1, 0.15) is 49.2 Å². The number of carbonyl (C=O) groups is 1. The van der Waals surface area contributed by atoms with Crippen molar-refractivity contribution in [3.8, 4) is 0 Å². The molecule has 0 aliphatic heterocycles. The summed E-state index contributed by atoms with van der Waals surface area (Å²) in [5.41, 5.74) is 1.37. The fourth-order valence-electron chi connectivity index (χ4n) is 2.07. The lowest BCUT2D eigenvalue weighted by atomic mass is 10.1. The van der Waals surface area contributed by atoms with E-state index in [1.54, 1.807) is 12.3 Å². The van der Waals surface area contributed by atoms with Crippen LogP contribution >= 0.6 is 11.6 Å². The van der Waals surface area contributed by atoms with Crippen molar-refractivity contribution in [2.24, 2.45) is 5.92 Å². The van der Waals surface area contributed by atoms with Gasteiger partial charge in [-0.1, -0.05) is 25.4 Å². The summed E-state index contributed by atoms with van der Waals surface area (Å²) in [6.07, 6.45) is 4.85. The summed E-state index contributed by atoms with van der Waals surface area (Å²) in [7, 11) is 0. The molecule has 0 atom stereocenters. The number of hydrogen-bond donors (Lipinski definition) is 0. The monoisotopic (exact) mass is 280 g/mol. The Bertz CT molecular complexity index is 469. The molecule has 104 valence electrons. The first kappa shape index (κ1) is 14.3. The van der Waals surface area contributed by atoms with E-state index in [-0.39, 0.29) is 5.91 Å². The molecule has 2 rings (SSSR count). The molecule has 0 spiro atoms. The number of carbonyl (C=O) groups excluding carboxylic acids is 1. The number of aryl methyl sites for hydroxylation is 1. The second-order valence-corrected chi connectivity index (χ2v) is 6.12. The van der Waals surface area contributed by atoms with Crippen molar-refractivity contribution in [2.75, 3.05) is 6.54 Å². The van der Waals surface area contributed by atoms with Crippen LogP contribution in [0, 0.1) is 12.8 Å². The SMILES string of the molecule is Cc1cc(Cl)c(C(=O)N(CCC(C)C)C2CC2)cn1. The molecule has 0 aromatic carbocycles. The van der Waals surface area contributed by atoms with Crippen molar-refractivity contribution >= 4 is 17.5 Å². The van der Waals surface area contributed by atoms with Gasteiger partial charge in [0.2, 0.25) is 0 Å². The van der Waals surface area contributed by atoms with Crippen LogP contribution in [0.2, 0.25) is 5.02 Å². The number of rotatable bonds is 5. The lowest BCUT2D eigenvalue weighted by molar-refractivity contribution is 0.0735. The highest BCUT2D eigenvalue weighted by Gasteiger charge is 2.33. The highest BCUT2D eigenvalue weighted by molar-refractivity contribution is 6.33. The van der Waals surface area contributed by atoms with Gasteiger partial charge in [-0.25, -0.2) is 0 Å². The van der Waals surface area contributed by atoms with E-state index in [1.807, 2.05) is 11.8 Å². The van der Waals surface area contributed by atoms with Gasteiger partial charge >= 0.3 is 0 Å². The van der Waals surface area contributed by atoms with E-state index in [4.69, 9.17) is 11.6 Å². The van der Waals surface area contributed by atoms with E-state index in [1.165, 1.54) is 0 Å². The van der Waals surface area contributed by atoms with Gasteiger partial charge in [0, 0.05) is 24.5 Å². The Hall–Kier alpha value is -1.09. The van der Waals surface area contributed by atoms with E-state index in [9.17, 15) is 4.79 Å². The molecular formula is C15H21ClN2O. The number of aromatic nitrogens is 1. The molecule has 1 heterocycles. The van der Waals surface area contributed by atoms with Crippen molar-refractivity contribution in [1.82, 2.24) is 9.88 Å². The lowest BCUT2D eigenvalue weighted by Crippen LogP contribution is -2.34. The van der Waals surface area contributed by atoms with Crippen LogP contribution in [0.4, 0.5) is 0 Å². The molecule has 1 amide bonds. The number of pyridine rings is 1. The first-order chi connectivity index (χ1) is 8.99. The minimum absolute atomic E-state index is 0.0284. The normalized spacial score (nSPS) is 14.8. The van der Waals surface area contributed by atoms with Gasteiger partial charge in [0.15, 0.2) is 0 Å². The molecule has 1 aliphatic carbocycles. The molecule has 4 heteroatoms. The highest BCUT2D eigenvalue weighted by Crippen LogP contribution is 2.30. The third-order valence-corrected chi connectivity index (χ3v) is 3.73. The molecule has 0 unspecified atom stereocenters. The van der Waals surface area contributed by atoms with Crippen LogP contribution < -0.4 is 0 Å². The second kappa shape index (κ2) is 5.91. The molecule has 19 heavy (non-hydrogen) atoms. The third-order valence-electron chi connectivity index (χ3n) is 3.42. The molecule has 1 saturated carbocycles. The Morgan fingerprint density at radius 1 is 1.53 bits per heavy atom. The molecular weight excluding hydrogens is 260 g/mol. The summed E-state index contributed by atoms with van der Waals surface area (Å²) in [6, 6.07) is 2.16. The van der Waals surface area contributed by atoms with Crippen LogP contribution in [-0.4, -0.2) is 28.4 Å². The predicted octanol–water partition coefficient (Wildman–Crippen LogP) is 3.69. The van der Waals surface area contributed by atoms with Gasteiger partial charge in [0.05, 0.1) is 10.6 Å². The summed E-state index contributed by atoms with van der Waals surface area (Å²) in [4.78, 5) is 18.7. The zero-order valence-electron chi connectivity index (χ0n) is 11.8. The minimum Gasteiger partial charge on any atom is -0.336 e. The Labute approximate surface area is 120 Å². The molecule has 1 aromatic rings. The number of hydrogen-bond acceptors (Lipinski definition) is 2. The van der Waals surface area contributed by atoms with Gasteiger partial charge in [0.1, 0.15) is 0 Å². The number of amides is 1. The molecule has 0 N–H and O–H groups in total. The molecule has 0 radical (unpaired) electrons. The van der Waals surface area contributed by atoms with E-state index in [2.05, 4.69) is 18.8 Å². The maximum atomic E-state index is 12.6. The highest BCUT2D eigenvalue weighted by atomic mass is 35.5. The van der Waals surface area contributed by atoms with Crippen molar-refractivity contribution in [3.05, 3.63) is 28.5 Å². The van der Waals surface area contributed by atoms with E-state index in [0.29, 0.717) is 22.5 Å². The molecule has 1 aliphatic rings. The van der Waals surface area contributed by atoms with Gasteiger partial charge in [-0.15, -0.1) is 0 Å². The number of nitrogens with zero attached hydrogens (tertiary/aromatic N) is 2.